The first kappa shape index (κ1) is 20.0. The van der Waals surface area contributed by atoms with E-state index in [9.17, 15) is 9.59 Å². The van der Waals surface area contributed by atoms with E-state index in [1.54, 1.807) is 17.0 Å². The Balaban J connectivity index is 1.80. The number of nitrogens with zero attached hydrogens (tertiary/aromatic N) is 1. The molecule has 1 aromatic heterocycles. The van der Waals surface area contributed by atoms with Crippen LogP contribution in [0.1, 0.15) is 53.4 Å². The third-order valence-corrected chi connectivity index (χ3v) is 5.65. The Morgan fingerprint density at radius 3 is 2.33 bits per heavy atom. The molecule has 1 aliphatic carbocycles. The van der Waals surface area contributed by atoms with Crippen molar-refractivity contribution in [3.8, 4) is 0 Å². The van der Waals surface area contributed by atoms with Crippen molar-refractivity contribution in [2.75, 3.05) is 4.90 Å². The van der Waals surface area contributed by atoms with Crippen LogP contribution in [0.5, 0.6) is 0 Å². The zero-order valence-corrected chi connectivity index (χ0v) is 17.1. The van der Waals surface area contributed by atoms with Crippen molar-refractivity contribution in [3.05, 3.63) is 89.9 Å². The number of hydrogen-bond donors (Lipinski definition) is 1. The number of carbonyl (C=O) groups excluding carboxylic acids is 2. The summed E-state index contributed by atoms with van der Waals surface area (Å²) in [7, 11) is 0. The second kappa shape index (κ2) is 8.99. The second-order valence-corrected chi connectivity index (χ2v) is 7.74. The molecular formula is C25H26N2O3. The minimum absolute atomic E-state index is 0.154. The van der Waals surface area contributed by atoms with Gasteiger partial charge in [0.2, 0.25) is 5.91 Å². The summed E-state index contributed by atoms with van der Waals surface area (Å²) < 4.78 is 5.41. The average Bonchev–Trinajstić information content (AvgIpc) is 3.47. The van der Waals surface area contributed by atoms with Gasteiger partial charge in [0.05, 0.1) is 6.26 Å². The van der Waals surface area contributed by atoms with Gasteiger partial charge in [-0.1, -0.05) is 61.4 Å². The standard InChI is InChI=1S/C25H26N2O3/c1-18-10-5-8-15-21(18)27(25(29)22-16-9-17-30-22)23(19-11-3-2-4-12-19)24(28)26-20-13-6-7-14-20/h2-5,8-12,15-17,20,23H,6-7,13-14H2,1H3,(H,26,28)/t23-/m1/s1. The molecule has 0 radical (unpaired) electrons. The highest BCUT2D eigenvalue weighted by atomic mass is 16.3. The zero-order chi connectivity index (χ0) is 20.9. The first-order chi connectivity index (χ1) is 14.6. The lowest BCUT2D eigenvalue weighted by atomic mass is 10.0. The fraction of sp³-hybridized carbons (Fsp3) is 0.280. The molecule has 1 saturated carbocycles. The number of amides is 2. The minimum Gasteiger partial charge on any atom is -0.459 e. The van der Waals surface area contributed by atoms with Crippen LogP contribution in [-0.4, -0.2) is 17.9 Å². The fourth-order valence-electron chi connectivity index (χ4n) is 4.12. The molecule has 2 aromatic carbocycles. The maximum Gasteiger partial charge on any atom is 0.294 e. The Morgan fingerprint density at radius 2 is 1.67 bits per heavy atom. The summed E-state index contributed by atoms with van der Waals surface area (Å²) in [6, 6.07) is 19.7. The smallest absolute Gasteiger partial charge is 0.294 e. The number of benzene rings is 2. The van der Waals surface area contributed by atoms with Crippen LogP contribution in [-0.2, 0) is 4.79 Å². The highest BCUT2D eigenvalue weighted by Gasteiger charge is 2.36. The summed E-state index contributed by atoms with van der Waals surface area (Å²) in [6.07, 6.45) is 5.66. The quantitative estimate of drug-likeness (QED) is 0.629. The van der Waals surface area contributed by atoms with E-state index in [2.05, 4.69) is 5.32 Å². The van der Waals surface area contributed by atoms with Gasteiger partial charge in [0.25, 0.3) is 5.91 Å². The van der Waals surface area contributed by atoms with Crippen LogP contribution in [0.4, 0.5) is 5.69 Å². The van der Waals surface area contributed by atoms with Gasteiger partial charge in [0.1, 0.15) is 6.04 Å². The Bertz CT molecular complexity index is 992. The van der Waals surface area contributed by atoms with Gasteiger partial charge in [0, 0.05) is 11.7 Å². The summed E-state index contributed by atoms with van der Waals surface area (Å²) in [5.41, 5.74) is 2.36. The molecule has 5 nitrogen and oxygen atoms in total. The molecule has 3 aromatic rings. The van der Waals surface area contributed by atoms with Crippen LogP contribution in [0.3, 0.4) is 0 Å². The maximum atomic E-state index is 13.6. The van der Waals surface area contributed by atoms with Crippen LogP contribution in [0.25, 0.3) is 0 Å². The van der Waals surface area contributed by atoms with Crippen molar-refractivity contribution in [2.45, 2.75) is 44.7 Å². The van der Waals surface area contributed by atoms with E-state index >= 15 is 0 Å². The molecule has 0 unspecified atom stereocenters. The molecule has 1 heterocycles. The van der Waals surface area contributed by atoms with Gasteiger partial charge in [0.15, 0.2) is 5.76 Å². The van der Waals surface area contributed by atoms with Crippen molar-refractivity contribution >= 4 is 17.5 Å². The van der Waals surface area contributed by atoms with Crippen molar-refractivity contribution in [3.63, 3.8) is 0 Å². The van der Waals surface area contributed by atoms with E-state index in [4.69, 9.17) is 4.42 Å². The Kier molecular flexibility index (Phi) is 5.98. The van der Waals surface area contributed by atoms with E-state index in [0.29, 0.717) is 5.69 Å². The van der Waals surface area contributed by atoms with Crippen molar-refractivity contribution < 1.29 is 14.0 Å². The van der Waals surface area contributed by atoms with E-state index in [1.807, 2.05) is 61.5 Å². The van der Waals surface area contributed by atoms with Crippen LogP contribution in [0, 0.1) is 6.92 Å². The second-order valence-electron chi connectivity index (χ2n) is 7.74. The van der Waals surface area contributed by atoms with E-state index in [-0.39, 0.29) is 23.6 Å². The number of furan rings is 1. The van der Waals surface area contributed by atoms with Gasteiger partial charge in [-0.05, 0) is 49.1 Å². The summed E-state index contributed by atoms with van der Waals surface area (Å²) in [5, 5.41) is 3.18. The molecule has 1 fully saturated rings. The predicted octanol–water partition coefficient (Wildman–Crippen LogP) is 5.03. The minimum atomic E-state index is -0.800. The monoisotopic (exact) mass is 402 g/mol. The lowest BCUT2D eigenvalue weighted by molar-refractivity contribution is -0.123. The summed E-state index contributed by atoms with van der Waals surface area (Å²) in [6.45, 7) is 1.94. The molecule has 1 aliphatic rings. The molecular weight excluding hydrogens is 376 g/mol. The van der Waals surface area contributed by atoms with Gasteiger partial charge in [-0.25, -0.2) is 0 Å². The van der Waals surface area contributed by atoms with E-state index in [0.717, 1.165) is 36.8 Å². The molecule has 154 valence electrons. The summed E-state index contributed by atoms with van der Waals surface area (Å²) in [5.74, 6) is -0.311. The first-order valence-corrected chi connectivity index (χ1v) is 10.4. The predicted molar refractivity (Wildman–Crippen MR) is 116 cm³/mol. The van der Waals surface area contributed by atoms with Gasteiger partial charge < -0.3 is 9.73 Å². The number of hydrogen-bond acceptors (Lipinski definition) is 3. The van der Waals surface area contributed by atoms with Gasteiger partial charge in [-0.15, -0.1) is 0 Å². The van der Waals surface area contributed by atoms with E-state index in [1.165, 1.54) is 6.26 Å². The Morgan fingerprint density at radius 1 is 0.967 bits per heavy atom. The molecule has 0 bridgehead atoms. The Labute approximate surface area is 176 Å². The molecule has 0 aliphatic heterocycles. The molecule has 4 rings (SSSR count). The summed E-state index contributed by atoms with van der Waals surface area (Å²) >= 11 is 0. The van der Waals surface area contributed by atoms with E-state index < -0.39 is 6.04 Å². The normalized spacial score (nSPS) is 15.0. The molecule has 30 heavy (non-hydrogen) atoms. The SMILES string of the molecule is Cc1ccccc1N(C(=O)c1ccco1)[C@@H](C(=O)NC1CCCC1)c1ccccc1. The largest absolute Gasteiger partial charge is 0.459 e. The van der Waals surface area contributed by atoms with Crippen LogP contribution >= 0.6 is 0 Å². The number of rotatable bonds is 6. The number of carbonyl (C=O) groups is 2. The summed E-state index contributed by atoms with van der Waals surface area (Å²) in [4.78, 5) is 28.7. The number of anilines is 1. The molecule has 2 amide bonds. The van der Waals surface area contributed by atoms with Crippen LogP contribution < -0.4 is 10.2 Å². The lowest BCUT2D eigenvalue weighted by Crippen LogP contribution is -2.46. The highest BCUT2D eigenvalue weighted by molar-refractivity contribution is 6.09. The van der Waals surface area contributed by atoms with Crippen molar-refractivity contribution in [1.82, 2.24) is 5.32 Å². The van der Waals surface area contributed by atoms with Crippen molar-refractivity contribution in [1.29, 1.82) is 0 Å². The topological polar surface area (TPSA) is 62.6 Å². The lowest BCUT2D eigenvalue weighted by Gasteiger charge is -2.32. The maximum absolute atomic E-state index is 13.6. The van der Waals surface area contributed by atoms with Gasteiger partial charge in [-0.3, -0.25) is 14.5 Å². The first-order valence-electron chi connectivity index (χ1n) is 10.4. The molecule has 0 saturated heterocycles. The fourth-order valence-corrected chi connectivity index (χ4v) is 4.12. The number of para-hydroxylation sites is 1. The van der Waals surface area contributed by atoms with Crippen LogP contribution in [0.2, 0.25) is 0 Å². The Hall–Kier alpha value is -3.34. The molecule has 0 spiro atoms. The number of nitrogens with one attached hydrogen (secondary N) is 1. The third kappa shape index (κ3) is 4.15. The zero-order valence-electron chi connectivity index (χ0n) is 17.1. The highest BCUT2D eigenvalue weighted by Crippen LogP contribution is 2.32. The molecule has 1 N–H and O–H groups in total. The number of aryl methyl sites for hydroxylation is 1. The van der Waals surface area contributed by atoms with Crippen LogP contribution in [0.15, 0.2) is 77.4 Å². The van der Waals surface area contributed by atoms with Gasteiger partial charge >= 0.3 is 0 Å². The molecule has 5 heteroatoms. The van der Waals surface area contributed by atoms with Crippen molar-refractivity contribution in [2.24, 2.45) is 0 Å². The average molecular weight is 402 g/mol. The van der Waals surface area contributed by atoms with Gasteiger partial charge in [-0.2, -0.15) is 0 Å². The molecule has 1 atom stereocenters. The third-order valence-electron chi connectivity index (χ3n) is 5.65.